The van der Waals surface area contributed by atoms with Crippen LogP contribution in [0.5, 0.6) is 0 Å². The Morgan fingerprint density at radius 1 is 0.944 bits per heavy atom. The van der Waals surface area contributed by atoms with Crippen molar-refractivity contribution in [1.29, 1.82) is 0 Å². The third-order valence-electron chi connectivity index (χ3n) is 6.69. The number of hydrogen-bond acceptors (Lipinski definition) is 5. The van der Waals surface area contributed by atoms with Gasteiger partial charge in [-0.15, -0.1) is 37.2 Å². The Kier molecular flexibility index (Phi) is 14.4. The Balaban J connectivity index is 0.00000216. The molecule has 3 atom stereocenters. The van der Waals surface area contributed by atoms with Crippen molar-refractivity contribution in [3.63, 3.8) is 0 Å². The minimum absolute atomic E-state index is 0. The number of carbonyl (C=O) groups excluding carboxylic acids is 2. The Morgan fingerprint density at radius 2 is 1.58 bits per heavy atom. The molecule has 2 aromatic rings. The van der Waals surface area contributed by atoms with E-state index in [0.29, 0.717) is 13.0 Å². The minimum Gasteiger partial charge on any atom is -0.351 e. The van der Waals surface area contributed by atoms with Crippen molar-refractivity contribution in [2.75, 3.05) is 32.7 Å². The summed E-state index contributed by atoms with van der Waals surface area (Å²) in [6.07, 6.45) is 2.49. The second-order valence-corrected chi connectivity index (χ2v) is 9.10. The number of amides is 2. The molecule has 7 nitrogen and oxygen atoms in total. The summed E-state index contributed by atoms with van der Waals surface area (Å²) in [6.45, 7) is 3.93. The first-order chi connectivity index (χ1) is 16.1. The molecule has 2 saturated heterocycles. The number of nitrogens with two attached hydrogens (primary N) is 1. The molecule has 0 radical (unpaired) electrons. The number of hydrogen-bond donors (Lipinski definition) is 3. The predicted octanol–water partition coefficient (Wildman–Crippen LogP) is 2.40. The SMILES string of the molecule is Cl.Cl.Cl.NCC(=O)N[C@@H]1CN[C@@H](C(=O)N2CCN(Cc3ccccc3)C[C@H]2CCc2ccccc2)C1. The van der Waals surface area contributed by atoms with Crippen LogP contribution >= 0.6 is 37.2 Å². The Morgan fingerprint density at radius 3 is 2.22 bits per heavy atom. The van der Waals surface area contributed by atoms with Gasteiger partial charge >= 0.3 is 0 Å². The number of nitrogens with zero attached hydrogens (tertiary/aromatic N) is 2. The summed E-state index contributed by atoms with van der Waals surface area (Å²) in [5.41, 5.74) is 8.02. The van der Waals surface area contributed by atoms with Gasteiger partial charge in [-0.3, -0.25) is 14.5 Å². The van der Waals surface area contributed by atoms with Crippen molar-refractivity contribution in [2.24, 2.45) is 5.73 Å². The van der Waals surface area contributed by atoms with Crippen LogP contribution in [0.1, 0.15) is 24.0 Å². The molecule has 2 aliphatic rings. The van der Waals surface area contributed by atoms with Crippen LogP contribution in [0.4, 0.5) is 0 Å². The lowest BCUT2D eigenvalue weighted by atomic mass is 10.00. The zero-order valence-electron chi connectivity index (χ0n) is 20.4. The van der Waals surface area contributed by atoms with Crippen LogP contribution in [0.25, 0.3) is 0 Å². The van der Waals surface area contributed by atoms with E-state index >= 15 is 0 Å². The van der Waals surface area contributed by atoms with Crippen LogP contribution in [0.15, 0.2) is 60.7 Å². The molecule has 36 heavy (non-hydrogen) atoms. The van der Waals surface area contributed by atoms with Crippen molar-refractivity contribution in [2.45, 2.75) is 43.9 Å². The molecule has 0 spiro atoms. The highest BCUT2D eigenvalue weighted by molar-refractivity contribution is 5.86. The smallest absolute Gasteiger partial charge is 0.240 e. The zero-order valence-corrected chi connectivity index (χ0v) is 22.8. The highest BCUT2D eigenvalue weighted by Gasteiger charge is 2.37. The van der Waals surface area contributed by atoms with E-state index in [9.17, 15) is 9.59 Å². The summed E-state index contributed by atoms with van der Waals surface area (Å²) in [5, 5.41) is 6.22. The molecular formula is C26H38Cl3N5O2. The molecule has 2 aliphatic heterocycles. The van der Waals surface area contributed by atoms with Crippen molar-refractivity contribution in [3.05, 3.63) is 71.8 Å². The fourth-order valence-corrected chi connectivity index (χ4v) is 4.94. The van der Waals surface area contributed by atoms with Gasteiger partial charge in [-0.25, -0.2) is 0 Å². The van der Waals surface area contributed by atoms with Crippen LogP contribution in [0.3, 0.4) is 0 Å². The standard InChI is InChI=1S/C26H35N5O2.3ClH/c27-16-25(32)29-22-15-24(28-17-22)26(33)31-14-13-30(18-21-9-5-2-6-10-21)19-23(31)12-11-20-7-3-1-4-8-20;;;/h1-10,22-24,28H,11-19,27H2,(H,29,32);3*1H/t22-,23+,24+;;;/m0.../s1. The van der Waals surface area contributed by atoms with E-state index in [-0.39, 0.29) is 73.7 Å². The van der Waals surface area contributed by atoms with E-state index < -0.39 is 0 Å². The molecule has 0 unspecified atom stereocenters. The first kappa shape index (κ1) is 32.2. The van der Waals surface area contributed by atoms with Gasteiger partial charge in [-0.1, -0.05) is 60.7 Å². The van der Waals surface area contributed by atoms with Gasteiger partial charge in [0, 0.05) is 44.8 Å². The number of nitrogens with one attached hydrogen (secondary N) is 2. The molecule has 0 aliphatic carbocycles. The highest BCUT2D eigenvalue weighted by atomic mass is 35.5. The molecule has 2 aromatic carbocycles. The molecule has 200 valence electrons. The Bertz CT molecular complexity index is 922. The fourth-order valence-electron chi connectivity index (χ4n) is 4.94. The van der Waals surface area contributed by atoms with Crippen LogP contribution in [-0.2, 0) is 22.6 Å². The quantitative estimate of drug-likeness (QED) is 0.463. The van der Waals surface area contributed by atoms with Crippen molar-refractivity contribution in [1.82, 2.24) is 20.4 Å². The average molecular weight is 559 g/mol. The van der Waals surface area contributed by atoms with Crippen molar-refractivity contribution in [3.8, 4) is 0 Å². The molecular weight excluding hydrogens is 521 g/mol. The van der Waals surface area contributed by atoms with Gasteiger partial charge in [-0.05, 0) is 30.4 Å². The summed E-state index contributed by atoms with van der Waals surface area (Å²) in [6, 6.07) is 20.9. The van der Waals surface area contributed by atoms with E-state index in [2.05, 4.69) is 69.0 Å². The lowest BCUT2D eigenvalue weighted by molar-refractivity contribution is -0.138. The monoisotopic (exact) mass is 557 g/mol. The maximum absolute atomic E-state index is 13.5. The number of carbonyl (C=O) groups is 2. The lowest BCUT2D eigenvalue weighted by Gasteiger charge is -2.42. The molecule has 0 aromatic heterocycles. The molecule has 4 rings (SSSR count). The normalized spacial score (nSPS) is 21.5. The second-order valence-electron chi connectivity index (χ2n) is 9.10. The summed E-state index contributed by atoms with van der Waals surface area (Å²) >= 11 is 0. The number of rotatable bonds is 8. The van der Waals surface area contributed by atoms with Crippen LogP contribution in [0, 0.1) is 0 Å². The molecule has 4 N–H and O–H groups in total. The molecule has 10 heteroatoms. The van der Waals surface area contributed by atoms with Gasteiger partial charge in [0.2, 0.25) is 11.8 Å². The first-order valence-corrected chi connectivity index (χ1v) is 12.0. The third-order valence-corrected chi connectivity index (χ3v) is 6.69. The third kappa shape index (κ3) is 8.91. The van der Waals surface area contributed by atoms with Crippen LogP contribution < -0.4 is 16.4 Å². The minimum atomic E-state index is -0.257. The van der Waals surface area contributed by atoms with Gasteiger partial charge in [0.15, 0.2) is 0 Å². The topological polar surface area (TPSA) is 90.7 Å². The van der Waals surface area contributed by atoms with E-state index in [1.165, 1.54) is 11.1 Å². The molecule has 2 amide bonds. The maximum Gasteiger partial charge on any atom is 0.240 e. The van der Waals surface area contributed by atoms with Crippen LogP contribution in [-0.4, -0.2) is 72.5 Å². The molecule has 0 bridgehead atoms. The fraction of sp³-hybridized carbons (Fsp3) is 0.462. The first-order valence-electron chi connectivity index (χ1n) is 12.0. The van der Waals surface area contributed by atoms with Crippen molar-refractivity contribution < 1.29 is 9.59 Å². The van der Waals surface area contributed by atoms with Crippen LogP contribution in [0.2, 0.25) is 0 Å². The number of halogens is 3. The summed E-state index contributed by atoms with van der Waals surface area (Å²) < 4.78 is 0. The molecule has 2 fully saturated rings. The maximum atomic E-state index is 13.5. The largest absolute Gasteiger partial charge is 0.351 e. The Labute approximate surface area is 232 Å². The number of piperazine rings is 1. The molecule has 0 saturated carbocycles. The van der Waals surface area contributed by atoms with Crippen molar-refractivity contribution >= 4 is 49.0 Å². The Hall–Kier alpha value is -1.87. The number of aryl methyl sites for hydroxylation is 1. The van der Waals surface area contributed by atoms with E-state index in [1.54, 1.807) is 0 Å². The average Bonchev–Trinajstić information content (AvgIpc) is 3.32. The number of benzene rings is 2. The van der Waals surface area contributed by atoms with Gasteiger partial charge in [0.05, 0.1) is 12.6 Å². The lowest BCUT2D eigenvalue weighted by Crippen LogP contribution is -2.58. The van der Waals surface area contributed by atoms with E-state index in [4.69, 9.17) is 5.73 Å². The molecule has 2 heterocycles. The summed E-state index contributed by atoms with van der Waals surface area (Å²) in [5.74, 6) is -0.0258. The van der Waals surface area contributed by atoms with E-state index in [1.807, 2.05) is 12.1 Å². The summed E-state index contributed by atoms with van der Waals surface area (Å²) in [7, 11) is 0. The van der Waals surface area contributed by atoms with E-state index in [0.717, 1.165) is 39.0 Å². The van der Waals surface area contributed by atoms with Gasteiger partial charge < -0.3 is 21.3 Å². The van der Waals surface area contributed by atoms with Gasteiger partial charge in [0.25, 0.3) is 0 Å². The van der Waals surface area contributed by atoms with Gasteiger partial charge in [0.1, 0.15) is 0 Å². The summed E-state index contributed by atoms with van der Waals surface area (Å²) in [4.78, 5) is 29.7. The second kappa shape index (κ2) is 16.1. The predicted molar refractivity (Wildman–Crippen MR) is 151 cm³/mol. The highest BCUT2D eigenvalue weighted by Crippen LogP contribution is 2.21. The zero-order chi connectivity index (χ0) is 23.0. The van der Waals surface area contributed by atoms with Gasteiger partial charge in [-0.2, -0.15) is 0 Å².